The van der Waals surface area contributed by atoms with Crippen LogP contribution in [-0.2, 0) is 16.6 Å². The van der Waals surface area contributed by atoms with Crippen molar-refractivity contribution in [3.05, 3.63) is 94.0 Å². The van der Waals surface area contributed by atoms with E-state index in [-0.39, 0.29) is 32.7 Å². The lowest BCUT2D eigenvalue weighted by molar-refractivity contribution is -0.254. The van der Waals surface area contributed by atoms with Crippen LogP contribution in [0.5, 0.6) is 0 Å². The van der Waals surface area contributed by atoms with E-state index in [4.69, 9.17) is 0 Å². The van der Waals surface area contributed by atoms with E-state index in [9.17, 15) is 23.1 Å². The highest BCUT2D eigenvalue weighted by molar-refractivity contribution is 9.10. The molecule has 0 saturated carbocycles. The predicted molar refractivity (Wildman–Crippen MR) is 113 cm³/mol. The van der Waals surface area contributed by atoms with Crippen molar-refractivity contribution in [2.24, 2.45) is 0 Å². The third-order valence-corrected chi connectivity index (χ3v) is 6.58. The van der Waals surface area contributed by atoms with Crippen LogP contribution in [-0.4, -0.2) is 20.3 Å². The Balaban J connectivity index is 1.84. The van der Waals surface area contributed by atoms with E-state index in [1.54, 1.807) is 30.3 Å². The summed E-state index contributed by atoms with van der Waals surface area (Å²) in [6.07, 6.45) is 0. The fraction of sp³-hybridized carbons (Fsp3) is 0.0476. The first-order chi connectivity index (χ1) is 14.3. The fourth-order valence-electron chi connectivity index (χ4n) is 2.67. The predicted octanol–water partition coefficient (Wildman–Crippen LogP) is 2.54. The number of hydrogen-bond acceptors (Lipinski definition) is 5. The van der Waals surface area contributed by atoms with Gasteiger partial charge in [0.2, 0.25) is 10.0 Å². The minimum Gasteiger partial charge on any atom is -0.545 e. The van der Waals surface area contributed by atoms with Gasteiger partial charge in [-0.1, -0.05) is 48.5 Å². The van der Waals surface area contributed by atoms with E-state index in [0.29, 0.717) is 0 Å². The normalized spacial score (nSPS) is 11.1. The number of hydrogen-bond donors (Lipinski definition) is 2. The number of aromatic carboxylic acids is 1. The summed E-state index contributed by atoms with van der Waals surface area (Å²) in [5.41, 5.74) is 0.703. The van der Waals surface area contributed by atoms with E-state index < -0.39 is 21.9 Å². The Morgan fingerprint density at radius 1 is 0.933 bits per heavy atom. The summed E-state index contributed by atoms with van der Waals surface area (Å²) in [5.74, 6) is -2.09. The topological polar surface area (TPSA) is 115 Å². The van der Waals surface area contributed by atoms with Crippen LogP contribution in [0, 0.1) is 0 Å². The highest BCUT2D eigenvalue weighted by Crippen LogP contribution is 2.24. The number of carbonyl (C=O) groups is 2. The van der Waals surface area contributed by atoms with Gasteiger partial charge in [-0.3, -0.25) is 4.79 Å². The lowest BCUT2D eigenvalue weighted by Crippen LogP contribution is -2.25. The maximum atomic E-state index is 12.7. The van der Waals surface area contributed by atoms with Crippen LogP contribution in [0.15, 0.2) is 82.2 Å². The molecule has 0 heterocycles. The Labute approximate surface area is 181 Å². The molecule has 0 radical (unpaired) electrons. The van der Waals surface area contributed by atoms with Gasteiger partial charge in [-0.15, -0.1) is 0 Å². The van der Waals surface area contributed by atoms with Gasteiger partial charge in [-0.05, 0) is 45.8 Å². The molecule has 9 heteroatoms. The Bertz CT molecular complexity index is 1200. The third-order valence-electron chi connectivity index (χ3n) is 4.19. The largest absolute Gasteiger partial charge is 0.545 e. The smallest absolute Gasteiger partial charge is 0.255 e. The summed E-state index contributed by atoms with van der Waals surface area (Å²) in [7, 11) is -3.92. The van der Waals surface area contributed by atoms with Crippen molar-refractivity contribution in [3.8, 4) is 0 Å². The lowest BCUT2D eigenvalue weighted by Gasteiger charge is -2.13. The van der Waals surface area contributed by atoms with Gasteiger partial charge in [0.25, 0.3) is 5.91 Å². The van der Waals surface area contributed by atoms with Crippen molar-refractivity contribution in [2.75, 3.05) is 5.32 Å². The van der Waals surface area contributed by atoms with Gasteiger partial charge in [0.1, 0.15) is 0 Å². The zero-order valence-electron chi connectivity index (χ0n) is 15.5. The number of sulfonamides is 1. The standard InChI is InChI=1S/C21H17BrN2O5S/c22-17-11-10-15(20(25)24-18-9-5-4-8-16(18)21(26)27)12-19(17)30(28,29)23-13-14-6-2-1-3-7-14/h1-12,23H,13H2,(H,24,25)(H,26,27)/p-1. The molecule has 0 aliphatic rings. The molecule has 0 atom stereocenters. The molecular weight excluding hydrogens is 472 g/mol. The van der Waals surface area contributed by atoms with Crippen LogP contribution in [0.2, 0.25) is 0 Å². The van der Waals surface area contributed by atoms with E-state index >= 15 is 0 Å². The highest BCUT2D eigenvalue weighted by Gasteiger charge is 2.20. The van der Waals surface area contributed by atoms with Crippen LogP contribution < -0.4 is 15.1 Å². The van der Waals surface area contributed by atoms with Crippen LogP contribution in [0.3, 0.4) is 0 Å². The maximum Gasteiger partial charge on any atom is 0.255 e. The Morgan fingerprint density at radius 3 is 2.30 bits per heavy atom. The number of carbonyl (C=O) groups excluding carboxylic acids is 2. The van der Waals surface area contributed by atoms with E-state index in [1.807, 2.05) is 6.07 Å². The highest BCUT2D eigenvalue weighted by atomic mass is 79.9. The van der Waals surface area contributed by atoms with Crippen molar-refractivity contribution < 1.29 is 23.1 Å². The number of amides is 1. The number of para-hydroxylation sites is 1. The number of carboxylic acid groups (broad SMARTS) is 1. The fourth-order valence-corrected chi connectivity index (χ4v) is 4.67. The SMILES string of the molecule is O=C(Nc1ccccc1C(=O)[O-])c1ccc(Br)c(S(=O)(=O)NCc2ccccc2)c1. The van der Waals surface area contributed by atoms with Crippen molar-refractivity contribution >= 4 is 43.5 Å². The number of halogens is 1. The monoisotopic (exact) mass is 487 g/mol. The average molecular weight is 488 g/mol. The van der Waals surface area contributed by atoms with Crippen LogP contribution in [0.25, 0.3) is 0 Å². The minimum absolute atomic E-state index is 0.0476. The number of anilines is 1. The molecule has 3 rings (SSSR count). The van der Waals surface area contributed by atoms with Gasteiger partial charge in [0.15, 0.2) is 0 Å². The van der Waals surface area contributed by atoms with Gasteiger partial charge in [0.05, 0.1) is 16.6 Å². The second-order valence-corrected chi connectivity index (χ2v) is 8.83. The Hall–Kier alpha value is -3.01. The van der Waals surface area contributed by atoms with Crippen LogP contribution in [0.4, 0.5) is 5.69 Å². The van der Waals surface area contributed by atoms with Gasteiger partial charge in [0, 0.05) is 22.1 Å². The van der Waals surface area contributed by atoms with E-state index in [1.165, 1.54) is 36.4 Å². The second-order valence-electron chi connectivity index (χ2n) is 6.24. The van der Waals surface area contributed by atoms with Gasteiger partial charge >= 0.3 is 0 Å². The molecule has 0 fully saturated rings. The summed E-state index contributed by atoms with van der Waals surface area (Å²) in [5, 5.41) is 13.7. The molecule has 0 bridgehead atoms. The number of benzene rings is 3. The van der Waals surface area contributed by atoms with Gasteiger partial charge < -0.3 is 15.2 Å². The minimum atomic E-state index is -3.92. The lowest BCUT2D eigenvalue weighted by atomic mass is 10.1. The summed E-state index contributed by atoms with van der Waals surface area (Å²) in [6, 6.07) is 18.9. The maximum absolute atomic E-state index is 12.7. The number of carboxylic acids is 1. The molecule has 0 unspecified atom stereocenters. The van der Waals surface area contributed by atoms with Crippen LogP contribution >= 0.6 is 15.9 Å². The Morgan fingerprint density at radius 2 is 1.60 bits per heavy atom. The summed E-state index contributed by atoms with van der Waals surface area (Å²) >= 11 is 3.20. The van der Waals surface area contributed by atoms with E-state index in [0.717, 1.165) is 5.56 Å². The molecule has 3 aromatic rings. The van der Waals surface area contributed by atoms with E-state index in [2.05, 4.69) is 26.0 Å². The van der Waals surface area contributed by atoms with Gasteiger partial charge in [-0.25, -0.2) is 13.1 Å². The number of nitrogens with one attached hydrogen (secondary N) is 2. The molecule has 7 nitrogen and oxygen atoms in total. The quantitative estimate of drug-likeness (QED) is 0.531. The van der Waals surface area contributed by atoms with Crippen molar-refractivity contribution in [2.45, 2.75) is 11.4 Å². The number of rotatable bonds is 7. The summed E-state index contributed by atoms with van der Waals surface area (Å²) in [6.45, 7) is 0.0883. The molecule has 3 aromatic carbocycles. The second kappa shape index (κ2) is 9.21. The van der Waals surface area contributed by atoms with Crippen molar-refractivity contribution in [3.63, 3.8) is 0 Å². The van der Waals surface area contributed by atoms with Crippen LogP contribution in [0.1, 0.15) is 26.3 Å². The molecule has 0 aromatic heterocycles. The molecular formula is C21H16BrN2O5S-. The van der Waals surface area contributed by atoms with Crippen molar-refractivity contribution in [1.82, 2.24) is 4.72 Å². The Kier molecular flexibility index (Phi) is 6.66. The molecule has 0 spiro atoms. The molecule has 2 N–H and O–H groups in total. The molecule has 0 aliphatic heterocycles. The van der Waals surface area contributed by atoms with Gasteiger partial charge in [-0.2, -0.15) is 0 Å². The summed E-state index contributed by atoms with van der Waals surface area (Å²) < 4.78 is 28.3. The zero-order chi connectivity index (χ0) is 21.7. The molecule has 1 amide bonds. The molecule has 154 valence electrons. The first kappa shape index (κ1) is 21.7. The molecule has 0 aliphatic carbocycles. The average Bonchev–Trinajstić information content (AvgIpc) is 2.73. The summed E-state index contributed by atoms with van der Waals surface area (Å²) in [4.78, 5) is 23.7. The first-order valence-electron chi connectivity index (χ1n) is 8.73. The molecule has 30 heavy (non-hydrogen) atoms. The molecule has 0 saturated heterocycles. The zero-order valence-corrected chi connectivity index (χ0v) is 17.9. The van der Waals surface area contributed by atoms with Crippen molar-refractivity contribution in [1.29, 1.82) is 0 Å². The third kappa shape index (κ3) is 5.12. The first-order valence-corrected chi connectivity index (χ1v) is 11.0.